The SMILES string of the molecule is CC(=O)Nc1ccc(S(=O)(=O)N2CCC(NC(=O)CC3C=CCC3)CC2)cc1. The lowest BCUT2D eigenvalue weighted by Gasteiger charge is -2.31. The van der Waals surface area contributed by atoms with Crippen molar-refractivity contribution in [3.63, 3.8) is 0 Å². The number of allylic oxidation sites excluding steroid dienone is 2. The molecule has 152 valence electrons. The van der Waals surface area contributed by atoms with Gasteiger partial charge in [-0.3, -0.25) is 9.59 Å². The number of hydrogen-bond donors (Lipinski definition) is 2. The van der Waals surface area contributed by atoms with Crippen LogP contribution in [0.1, 0.15) is 39.0 Å². The summed E-state index contributed by atoms with van der Waals surface area (Å²) >= 11 is 0. The Morgan fingerprint density at radius 2 is 1.79 bits per heavy atom. The number of carbonyl (C=O) groups is 2. The van der Waals surface area contributed by atoms with Gasteiger partial charge < -0.3 is 10.6 Å². The van der Waals surface area contributed by atoms with Crippen LogP contribution in [0.3, 0.4) is 0 Å². The number of rotatable bonds is 6. The lowest BCUT2D eigenvalue weighted by Crippen LogP contribution is -2.46. The summed E-state index contributed by atoms with van der Waals surface area (Å²) < 4.78 is 27.1. The van der Waals surface area contributed by atoms with Gasteiger partial charge in [0, 0.05) is 38.2 Å². The van der Waals surface area contributed by atoms with Crippen molar-refractivity contribution >= 4 is 27.5 Å². The zero-order valence-corrected chi connectivity index (χ0v) is 16.9. The van der Waals surface area contributed by atoms with E-state index in [0.29, 0.717) is 44.0 Å². The molecule has 1 aliphatic carbocycles. The molecule has 2 amide bonds. The molecule has 0 bridgehead atoms. The molecule has 1 saturated heterocycles. The van der Waals surface area contributed by atoms with Crippen LogP contribution in [0.2, 0.25) is 0 Å². The van der Waals surface area contributed by atoms with E-state index in [0.717, 1.165) is 12.8 Å². The molecule has 0 spiro atoms. The Morgan fingerprint density at radius 1 is 1.11 bits per heavy atom. The predicted octanol–water partition coefficient (Wildman–Crippen LogP) is 2.27. The van der Waals surface area contributed by atoms with E-state index in [4.69, 9.17) is 0 Å². The van der Waals surface area contributed by atoms with Gasteiger partial charge in [0.05, 0.1) is 4.90 Å². The molecule has 3 rings (SSSR count). The number of nitrogens with one attached hydrogen (secondary N) is 2. The summed E-state index contributed by atoms with van der Waals surface area (Å²) in [6.07, 6.45) is 8.02. The largest absolute Gasteiger partial charge is 0.353 e. The van der Waals surface area contributed by atoms with E-state index in [2.05, 4.69) is 22.8 Å². The maximum atomic E-state index is 12.8. The van der Waals surface area contributed by atoms with Gasteiger partial charge in [0.1, 0.15) is 0 Å². The summed E-state index contributed by atoms with van der Waals surface area (Å²) in [6.45, 7) is 2.16. The van der Waals surface area contributed by atoms with E-state index in [-0.39, 0.29) is 22.8 Å². The number of sulfonamides is 1. The van der Waals surface area contributed by atoms with Gasteiger partial charge in [0.15, 0.2) is 0 Å². The van der Waals surface area contributed by atoms with E-state index < -0.39 is 10.0 Å². The van der Waals surface area contributed by atoms with Crippen LogP contribution in [0.4, 0.5) is 5.69 Å². The summed E-state index contributed by atoms with van der Waals surface area (Å²) in [5, 5.41) is 5.67. The molecule has 0 saturated carbocycles. The van der Waals surface area contributed by atoms with Crippen molar-refractivity contribution in [2.75, 3.05) is 18.4 Å². The van der Waals surface area contributed by atoms with Crippen molar-refractivity contribution in [3.8, 4) is 0 Å². The smallest absolute Gasteiger partial charge is 0.243 e. The van der Waals surface area contributed by atoms with Crippen LogP contribution in [0.15, 0.2) is 41.3 Å². The molecule has 2 N–H and O–H groups in total. The zero-order chi connectivity index (χ0) is 20.1. The van der Waals surface area contributed by atoms with Crippen molar-refractivity contribution in [1.82, 2.24) is 9.62 Å². The number of amides is 2. The van der Waals surface area contributed by atoms with Gasteiger partial charge in [-0.25, -0.2) is 8.42 Å². The Bertz CT molecular complexity index is 841. The molecule has 2 aliphatic rings. The lowest BCUT2D eigenvalue weighted by atomic mass is 10.0. The van der Waals surface area contributed by atoms with E-state index in [9.17, 15) is 18.0 Å². The molecule has 1 aromatic rings. The third-order valence-corrected chi connectivity index (χ3v) is 7.10. The molecule has 1 unspecified atom stereocenters. The standard InChI is InChI=1S/C20H27N3O4S/c1-15(24)21-17-6-8-19(9-7-17)28(26,27)23-12-10-18(11-13-23)22-20(25)14-16-4-2-3-5-16/h2,4,6-9,16,18H,3,5,10-14H2,1H3,(H,21,24)(H,22,25). The highest BCUT2D eigenvalue weighted by Crippen LogP contribution is 2.23. The third kappa shape index (κ3) is 5.20. The average molecular weight is 406 g/mol. The minimum atomic E-state index is -3.58. The van der Waals surface area contributed by atoms with Crippen LogP contribution in [0.25, 0.3) is 0 Å². The van der Waals surface area contributed by atoms with Crippen LogP contribution in [0, 0.1) is 5.92 Å². The highest BCUT2D eigenvalue weighted by molar-refractivity contribution is 7.89. The number of piperidine rings is 1. The van der Waals surface area contributed by atoms with Gasteiger partial charge >= 0.3 is 0 Å². The highest BCUT2D eigenvalue weighted by Gasteiger charge is 2.30. The second kappa shape index (κ2) is 8.87. The molecule has 0 radical (unpaired) electrons. The quantitative estimate of drug-likeness (QED) is 0.710. The summed E-state index contributed by atoms with van der Waals surface area (Å²) in [6, 6.07) is 6.19. The maximum Gasteiger partial charge on any atom is 0.243 e. The van der Waals surface area contributed by atoms with Gasteiger partial charge in [-0.1, -0.05) is 12.2 Å². The summed E-state index contributed by atoms with van der Waals surface area (Å²) in [7, 11) is -3.58. The van der Waals surface area contributed by atoms with Crippen LogP contribution in [0.5, 0.6) is 0 Å². The topological polar surface area (TPSA) is 95.6 Å². The first kappa shape index (κ1) is 20.5. The first-order valence-corrected chi connectivity index (χ1v) is 11.1. The minimum Gasteiger partial charge on any atom is -0.353 e. The number of nitrogens with zero attached hydrogens (tertiary/aromatic N) is 1. The van der Waals surface area contributed by atoms with Crippen LogP contribution >= 0.6 is 0 Å². The van der Waals surface area contributed by atoms with E-state index >= 15 is 0 Å². The van der Waals surface area contributed by atoms with E-state index in [1.54, 1.807) is 12.1 Å². The first-order valence-electron chi connectivity index (χ1n) is 9.68. The average Bonchev–Trinajstić information content (AvgIpc) is 3.15. The maximum absolute atomic E-state index is 12.8. The number of benzene rings is 1. The fourth-order valence-electron chi connectivity index (χ4n) is 3.69. The highest BCUT2D eigenvalue weighted by atomic mass is 32.2. The number of hydrogen-bond acceptors (Lipinski definition) is 4. The zero-order valence-electron chi connectivity index (χ0n) is 16.1. The second-order valence-corrected chi connectivity index (χ2v) is 9.36. The minimum absolute atomic E-state index is 0.0199. The second-order valence-electron chi connectivity index (χ2n) is 7.42. The van der Waals surface area contributed by atoms with Crippen LogP contribution < -0.4 is 10.6 Å². The normalized spacial score (nSPS) is 20.8. The summed E-state index contributed by atoms with van der Waals surface area (Å²) in [5.74, 6) is 0.177. The first-order chi connectivity index (χ1) is 13.3. The molecule has 1 aliphatic heterocycles. The van der Waals surface area contributed by atoms with Crippen molar-refractivity contribution in [2.45, 2.75) is 50.0 Å². The molecule has 0 aromatic heterocycles. The molecular weight excluding hydrogens is 378 g/mol. The van der Waals surface area contributed by atoms with E-state index in [1.165, 1.54) is 23.4 Å². The van der Waals surface area contributed by atoms with E-state index in [1.807, 2.05) is 0 Å². The van der Waals surface area contributed by atoms with Gasteiger partial charge in [-0.2, -0.15) is 4.31 Å². The monoisotopic (exact) mass is 405 g/mol. The molecule has 28 heavy (non-hydrogen) atoms. The Balaban J connectivity index is 1.52. The molecular formula is C20H27N3O4S. The predicted molar refractivity (Wildman–Crippen MR) is 107 cm³/mol. The van der Waals surface area contributed by atoms with Crippen molar-refractivity contribution in [1.29, 1.82) is 0 Å². The Labute approximate surface area is 166 Å². The molecule has 1 aromatic carbocycles. The summed E-state index contributed by atoms with van der Waals surface area (Å²) in [4.78, 5) is 23.4. The van der Waals surface area contributed by atoms with Crippen LogP contribution in [-0.2, 0) is 19.6 Å². The van der Waals surface area contributed by atoms with Crippen LogP contribution in [-0.4, -0.2) is 43.7 Å². The van der Waals surface area contributed by atoms with Crippen molar-refractivity contribution < 1.29 is 18.0 Å². The van der Waals surface area contributed by atoms with Gasteiger partial charge in [-0.05, 0) is 55.9 Å². The number of carbonyl (C=O) groups excluding carboxylic acids is 2. The van der Waals surface area contributed by atoms with Crippen molar-refractivity contribution in [2.24, 2.45) is 5.92 Å². The fourth-order valence-corrected chi connectivity index (χ4v) is 5.16. The molecule has 7 nitrogen and oxygen atoms in total. The van der Waals surface area contributed by atoms with Gasteiger partial charge in [-0.15, -0.1) is 0 Å². The molecule has 8 heteroatoms. The third-order valence-electron chi connectivity index (χ3n) is 5.19. The Kier molecular flexibility index (Phi) is 6.51. The Morgan fingerprint density at radius 3 is 2.36 bits per heavy atom. The van der Waals surface area contributed by atoms with Gasteiger partial charge in [0.2, 0.25) is 21.8 Å². The summed E-state index contributed by atoms with van der Waals surface area (Å²) in [5.41, 5.74) is 0.560. The molecule has 1 heterocycles. The molecule has 1 fully saturated rings. The lowest BCUT2D eigenvalue weighted by molar-refractivity contribution is -0.122. The molecule has 1 atom stereocenters. The number of anilines is 1. The fraction of sp³-hybridized carbons (Fsp3) is 0.500. The van der Waals surface area contributed by atoms with Gasteiger partial charge in [0.25, 0.3) is 0 Å². The Hall–Kier alpha value is -2.19. The van der Waals surface area contributed by atoms with Crippen molar-refractivity contribution in [3.05, 3.63) is 36.4 Å².